The molecule has 0 aliphatic carbocycles. The number of aromatic hydroxyl groups is 1. The Labute approximate surface area is 256 Å². The molecule has 15 heteroatoms. The molecule has 2 heterocycles. The summed E-state index contributed by atoms with van der Waals surface area (Å²) in [5.74, 6) is -1.27. The van der Waals surface area contributed by atoms with Crippen molar-refractivity contribution in [3.05, 3.63) is 87.0 Å². The number of nitrogens with zero attached hydrogens (tertiary/aromatic N) is 3. The molecule has 0 saturated carbocycles. The van der Waals surface area contributed by atoms with Crippen LogP contribution in [0.3, 0.4) is 0 Å². The maximum atomic E-state index is 13.9. The highest BCUT2D eigenvalue weighted by Gasteiger charge is 2.34. The highest BCUT2D eigenvalue weighted by atomic mass is 79.9. The number of nitro groups is 1. The fraction of sp³-hybridized carbons (Fsp3) is 0.286. The van der Waals surface area contributed by atoms with Crippen LogP contribution in [0.1, 0.15) is 37.9 Å². The minimum absolute atomic E-state index is 0.0806. The number of esters is 2. The molecule has 0 saturated heterocycles. The predicted molar refractivity (Wildman–Crippen MR) is 158 cm³/mol. The van der Waals surface area contributed by atoms with Crippen molar-refractivity contribution in [2.24, 2.45) is 4.99 Å². The lowest BCUT2D eigenvalue weighted by molar-refractivity contribution is -0.386. The second kappa shape index (κ2) is 13.2. The van der Waals surface area contributed by atoms with Gasteiger partial charge in [-0.05, 0) is 72.1 Å². The fourth-order valence-corrected chi connectivity index (χ4v) is 5.88. The number of ether oxygens (including phenoxy) is 4. The SMILES string of the molecule is CCOC(=O)C1=C(C)N=c2s/c(=C\c3cc(Br)c(O)c([N+](=O)[O-])c3)c(=O)n2[C@H]1c1ccc(OCC(=O)OC)c(OCC)c1. The van der Waals surface area contributed by atoms with E-state index in [0.29, 0.717) is 11.3 Å². The topological polar surface area (TPSA) is 169 Å². The molecule has 43 heavy (non-hydrogen) atoms. The Morgan fingerprint density at radius 1 is 1.19 bits per heavy atom. The van der Waals surface area contributed by atoms with Crippen LogP contribution in [0.5, 0.6) is 17.2 Å². The van der Waals surface area contributed by atoms with E-state index in [1.807, 2.05) is 0 Å². The standard InChI is InChI=1S/C28H26BrN3O10S/c1-5-40-20-12-16(7-8-19(20)42-13-22(33)39-4)24-23(27(36)41-6-2)14(3)30-28-31(24)26(35)21(43-28)11-15-9-17(29)25(34)18(10-15)32(37)38/h7-12,24,34H,5-6,13H2,1-4H3/b21-11-/t24-/m0/s1. The first-order chi connectivity index (χ1) is 20.5. The smallest absolute Gasteiger partial charge is 0.343 e. The highest BCUT2D eigenvalue weighted by molar-refractivity contribution is 9.10. The van der Waals surface area contributed by atoms with Crippen molar-refractivity contribution in [1.29, 1.82) is 0 Å². The lowest BCUT2D eigenvalue weighted by Gasteiger charge is -2.25. The molecule has 1 aliphatic rings. The van der Waals surface area contributed by atoms with Crippen molar-refractivity contribution < 1.29 is 38.6 Å². The number of aromatic nitrogens is 1. The lowest BCUT2D eigenvalue weighted by atomic mass is 9.95. The number of hydrogen-bond acceptors (Lipinski definition) is 12. The van der Waals surface area contributed by atoms with Gasteiger partial charge in [0.1, 0.15) is 0 Å². The zero-order valence-corrected chi connectivity index (χ0v) is 25.8. The third-order valence-corrected chi connectivity index (χ3v) is 7.82. The minimum atomic E-state index is -0.979. The van der Waals surface area contributed by atoms with Gasteiger partial charge in [-0.25, -0.2) is 14.6 Å². The average molecular weight is 676 g/mol. The average Bonchev–Trinajstić information content (AvgIpc) is 3.27. The van der Waals surface area contributed by atoms with Gasteiger partial charge >= 0.3 is 17.6 Å². The summed E-state index contributed by atoms with van der Waals surface area (Å²) in [6.45, 7) is 5.05. The summed E-state index contributed by atoms with van der Waals surface area (Å²) < 4.78 is 22.9. The van der Waals surface area contributed by atoms with Crippen LogP contribution in [0.2, 0.25) is 0 Å². The summed E-state index contributed by atoms with van der Waals surface area (Å²) in [5, 5.41) is 21.5. The number of rotatable bonds is 10. The number of benzene rings is 2. The van der Waals surface area contributed by atoms with Crippen LogP contribution in [-0.4, -0.2) is 53.5 Å². The number of thiazole rings is 1. The van der Waals surface area contributed by atoms with Crippen LogP contribution in [0.25, 0.3) is 6.08 Å². The Hall–Kier alpha value is -4.50. The molecule has 0 bridgehead atoms. The third kappa shape index (κ3) is 6.46. The quantitative estimate of drug-likeness (QED) is 0.191. The number of methoxy groups -OCH3 is 1. The van der Waals surface area contributed by atoms with Gasteiger partial charge in [0.25, 0.3) is 5.56 Å². The van der Waals surface area contributed by atoms with Crippen LogP contribution < -0.4 is 24.4 Å². The zero-order chi connectivity index (χ0) is 31.4. The van der Waals surface area contributed by atoms with Crippen LogP contribution in [0, 0.1) is 10.1 Å². The van der Waals surface area contributed by atoms with E-state index in [4.69, 9.17) is 14.2 Å². The number of carbonyl (C=O) groups is 2. The molecule has 1 atom stereocenters. The molecule has 1 N–H and O–H groups in total. The first kappa shape index (κ1) is 31.4. The number of phenolic OH excluding ortho intramolecular Hbond substituents is 1. The van der Waals surface area contributed by atoms with Crippen molar-refractivity contribution in [3.63, 3.8) is 0 Å². The van der Waals surface area contributed by atoms with E-state index in [2.05, 4.69) is 25.7 Å². The Bertz CT molecular complexity index is 1830. The first-order valence-electron chi connectivity index (χ1n) is 12.8. The summed E-state index contributed by atoms with van der Waals surface area (Å²) in [5.41, 5.74) is 0.174. The molecule has 0 amide bonds. The lowest BCUT2D eigenvalue weighted by Crippen LogP contribution is -2.40. The molecule has 2 aromatic carbocycles. The predicted octanol–water partition coefficient (Wildman–Crippen LogP) is 3.13. The van der Waals surface area contributed by atoms with Crippen molar-refractivity contribution in [2.75, 3.05) is 26.9 Å². The molecule has 13 nitrogen and oxygen atoms in total. The molecule has 226 valence electrons. The summed E-state index contributed by atoms with van der Waals surface area (Å²) in [6.07, 6.45) is 1.44. The van der Waals surface area contributed by atoms with Gasteiger partial charge in [0.2, 0.25) is 5.75 Å². The first-order valence-corrected chi connectivity index (χ1v) is 14.4. The van der Waals surface area contributed by atoms with E-state index < -0.39 is 39.9 Å². The van der Waals surface area contributed by atoms with E-state index >= 15 is 0 Å². The molecule has 0 unspecified atom stereocenters. The van der Waals surface area contributed by atoms with Crippen molar-refractivity contribution >= 4 is 51.0 Å². The number of fused-ring (bicyclic) bond motifs is 1. The van der Waals surface area contributed by atoms with Gasteiger partial charge in [0, 0.05) is 6.07 Å². The molecular weight excluding hydrogens is 650 g/mol. The van der Waals surface area contributed by atoms with Gasteiger partial charge in [-0.1, -0.05) is 17.4 Å². The molecule has 4 rings (SSSR count). The van der Waals surface area contributed by atoms with E-state index in [9.17, 15) is 29.6 Å². The molecule has 0 radical (unpaired) electrons. The number of carbonyl (C=O) groups excluding carboxylic acids is 2. The van der Waals surface area contributed by atoms with E-state index in [1.165, 1.54) is 23.8 Å². The van der Waals surface area contributed by atoms with Crippen LogP contribution in [-0.2, 0) is 19.1 Å². The van der Waals surface area contributed by atoms with Crippen LogP contribution in [0.4, 0.5) is 5.69 Å². The zero-order valence-electron chi connectivity index (χ0n) is 23.4. The summed E-state index contributed by atoms with van der Waals surface area (Å²) in [4.78, 5) is 54.2. The number of phenols is 1. The monoisotopic (exact) mass is 675 g/mol. The van der Waals surface area contributed by atoms with Crippen LogP contribution >= 0.6 is 27.3 Å². The van der Waals surface area contributed by atoms with Crippen molar-refractivity contribution in [1.82, 2.24) is 4.57 Å². The number of halogens is 1. The van der Waals surface area contributed by atoms with E-state index in [0.717, 1.165) is 17.4 Å². The number of allylic oxidation sites excluding steroid dienone is 1. The second-order valence-corrected chi connectivity index (χ2v) is 10.8. The van der Waals surface area contributed by atoms with Crippen molar-refractivity contribution in [2.45, 2.75) is 26.8 Å². The largest absolute Gasteiger partial charge is 0.501 e. The summed E-state index contributed by atoms with van der Waals surface area (Å²) in [6, 6.07) is 6.41. The molecule has 3 aromatic rings. The van der Waals surface area contributed by atoms with Gasteiger partial charge in [-0.3, -0.25) is 19.5 Å². The van der Waals surface area contributed by atoms with Crippen molar-refractivity contribution in [3.8, 4) is 17.2 Å². The number of nitro benzene ring substituents is 1. The second-order valence-electron chi connectivity index (χ2n) is 8.93. The normalized spacial score (nSPS) is 14.5. The molecule has 1 aliphatic heterocycles. The minimum Gasteiger partial charge on any atom is -0.501 e. The van der Waals surface area contributed by atoms with E-state index in [1.54, 1.807) is 39.0 Å². The Morgan fingerprint density at radius 2 is 1.93 bits per heavy atom. The third-order valence-electron chi connectivity index (χ3n) is 6.23. The molecular formula is C28H26BrN3O10S. The van der Waals surface area contributed by atoms with Gasteiger partial charge < -0.3 is 24.1 Å². The van der Waals surface area contributed by atoms with Gasteiger partial charge in [-0.15, -0.1) is 0 Å². The number of hydrogen-bond donors (Lipinski definition) is 1. The van der Waals surface area contributed by atoms with Crippen LogP contribution in [0.15, 0.2) is 55.9 Å². The van der Waals surface area contributed by atoms with Gasteiger partial charge in [0.15, 0.2) is 22.9 Å². The summed E-state index contributed by atoms with van der Waals surface area (Å²) in [7, 11) is 1.24. The Balaban J connectivity index is 1.93. The summed E-state index contributed by atoms with van der Waals surface area (Å²) >= 11 is 4.14. The molecule has 0 spiro atoms. The Morgan fingerprint density at radius 3 is 2.58 bits per heavy atom. The molecule has 0 fully saturated rings. The van der Waals surface area contributed by atoms with E-state index in [-0.39, 0.29) is 56.3 Å². The maximum Gasteiger partial charge on any atom is 0.343 e. The molecule has 1 aromatic heterocycles. The van der Waals surface area contributed by atoms with Gasteiger partial charge in [0.05, 0.1) is 51.6 Å². The Kier molecular flexibility index (Phi) is 9.66. The maximum absolute atomic E-state index is 13.9. The highest BCUT2D eigenvalue weighted by Crippen LogP contribution is 2.37. The fourth-order valence-electron chi connectivity index (χ4n) is 4.36. The van der Waals surface area contributed by atoms with Gasteiger partial charge in [-0.2, -0.15) is 0 Å².